The monoisotopic (exact) mass is 173 g/mol. The number of rotatable bonds is 2. The summed E-state index contributed by atoms with van der Waals surface area (Å²) in [5.74, 6) is 0. The van der Waals surface area contributed by atoms with Crippen LogP contribution in [0, 0.1) is 0 Å². The van der Waals surface area contributed by atoms with Gasteiger partial charge < -0.3 is 0 Å². The van der Waals surface area contributed by atoms with Gasteiger partial charge in [0, 0.05) is 10.9 Å². The average Bonchev–Trinajstić information content (AvgIpc) is 2.62. The Labute approximate surface area is 74.3 Å². The van der Waals surface area contributed by atoms with E-state index in [-0.39, 0.29) is 0 Å². The van der Waals surface area contributed by atoms with E-state index >= 15 is 0 Å². The minimum Gasteiger partial charge on any atom is -0.277 e. The molecule has 1 aromatic heterocycles. The first-order valence-electron chi connectivity index (χ1n) is 3.86. The van der Waals surface area contributed by atoms with E-state index in [2.05, 4.69) is 15.2 Å². The normalized spacial score (nSPS) is 9.85. The van der Waals surface area contributed by atoms with Crippen LogP contribution in [0.15, 0.2) is 29.4 Å². The molecule has 64 valence electrons. The lowest BCUT2D eigenvalue weighted by atomic mass is 10.1. The lowest BCUT2D eigenvalue weighted by Gasteiger charge is -1.95. The number of fused-ring (bicyclic) bond motifs is 1. The fraction of sp³-hybridized carbons (Fsp3) is 0.111. The minimum absolute atomic E-state index is 0.350. The first-order valence-corrected chi connectivity index (χ1v) is 3.86. The van der Waals surface area contributed by atoms with Crippen molar-refractivity contribution in [1.29, 1.82) is 0 Å². The maximum Gasteiger partial charge on any atom is 0.235 e. The summed E-state index contributed by atoms with van der Waals surface area (Å²) in [5.41, 5.74) is 1.89. The first kappa shape index (κ1) is 7.71. The van der Waals surface area contributed by atoms with Crippen LogP contribution >= 0.6 is 0 Å². The Morgan fingerprint density at radius 2 is 2.46 bits per heavy atom. The van der Waals surface area contributed by atoms with Crippen molar-refractivity contribution >= 4 is 17.0 Å². The Morgan fingerprint density at radius 1 is 1.54 bits per heavy atom. The van der Waals surface area contributed by atoms with Crippen LogP contribution in [0.1, 0.15) is 5.56 Å². The minimum atomic E-state index is 0.350. The van der Waals surface area contributed by atoms with E-state index in [9.17, 15) is 4.79 Å². The molecule has 1 aromatic carbocycles. The molecule has 0 aliphatic rings. The molecule has 1 heterocycles. The molecule has 1 N–H and O–H groups in total. The zero-order chi connectivity index (χ0) is 9.10. The number of nitrogens with one attached hydrogen (secondary N) is 1. The van der Waals surface area contributed by atoms with Crippen molar-refractivity contribution in [2.24, 2.45) is 4.99 Å². The molecule has 0 unspecified atom stereocenters. The van der Waals surface area contributed by atoms with Crippen LogP contribution in [0.2, 0.25) is 0 Å². The van der Waals surface area contributed by atoms with Crippen molar-refractivity contribution < 1.29 is 4.79 Å². The number of hydrogen-bond donors (Lipinski definition) is 1. The quantitative estimate of drug-likeness (QED) is 0.551. The van der Waals surface area contributed by atoms with Crippen molar-refractivity contribution in [2.45, 2.75) is 6.54 Å². The summed E-state index contributed by atoms with van der Waals surface area (Å²) in [6.07, 6.45) is 3.25. The molecule has 0 spiro atoms. The molecule has 0 aliphatic heterocycles. The maximum atomic E-state index is 9.94. The fourth-order valence-corrected chi connectivity index (χ4v) is 1.28. The van der Waals surface area contributed by atoms with Crippen molar-refractivity contribution in [3.05, 3.63) is 30.0 Å². The number of aromatic amines is 1. The Kier molecular flexibility index (Phi) is 1.90. The number of nitrogens with zero attached hydrogens (tertiary/aromatic N) is 2. The van der Waals surface area contributed by atoms with Gasteiger partial charge in [-0.3, -0.25) is 5.10 Å². The Hall–Kier alpha value is -1.93. The van der Waals surface area contributed by atoms with Crippen LogP contribution in [-0.2, 0) is 11.3 Å². The molecule has 2 aromatic rings. The van der Waals surface area contributed by atoms with Crippen molar-refractivity contribution in [1.82, 2.24) is 10.2 Å². The molecular formula is C9H7N3O. The van der Waals surface area contributed by atoms with Crippen molar-refractivity contribution in [3.63, 3.8) is 0 Å². The third-order valence-corrected chi connectivity index (χ3v) is 1.88. The largest absolute Gasteiger partial charge is 0.277 e. The smallest absolute Gasteiger partial charge is 0.235 e. The number of isocyanates is 1. The second-order valence-electron chi connectivity index (χ2n) is 2.66. The molecule has 0 fully saturated rings. The van der Waals surface area contributed by atoms with Gasteiger partial charge in [-0.2, -0.15) is 5.10 Å². The summed E-state index contributed by atoms with van der Waals surface area (Å²) < 4.78 is 0. The fourth-order valence-electron chi connectivity index (χ4n) is 1.28. The second kappa shape index (κ2) is 3.21. The lowest BCUT2D eigenvalue weighted by Crippen LogP contribution is -1.83. The summed E-state index contributed by atoms with van der Waals surface area (Å²) in [4.78, 5) is 13.5. The van der Waals surface area contributed by atoms with E-state index in [1.54, 1.807) is 6.20 Å². The Balaban J connectivity index is 2.54. The van der Waals surface area contributed by atoms with E-state index in [1.165, 1.54) is 6.08 Å². The van der Waals surface area contributed by atoms with Crippen LogP contribution in [0.4, 0.5) is 0 Å². The van der Waals surface area contributed by atoms with Gasteiger partial charge in [0.2, 0.25) is 6.08 Å². The van der Waals surface area contributed by atoms with Crippen molar-refractivity contribution in [2.75, 3.05) is 0 Å². The van der Waals surface area contributed by atoms with Gasteiger partial charge in [-0.1, -0.05) is 18.2 Å². The number of hydrogen-bond acceptors (Lipinski definition) is 3. The van der Waals surface area contributed by atoms with E-state index in [4.69, 9.17) is 0 Å². The van der Waals surface area contributed by atoms with Crippen LogP contribution < -0.4 is 0 Å². The molecule has 0 saturated heterocycles. The molecule has 0 radical (unpaired) electrons. The molecule has 13 heavy (non-hydrogen) atoms. The van der Waals surface area contributed by atoms with E-state index in [1.807, 2.05) is 18.2 Å². The Bertz CT molecular complexity index is 468. The van der Waals surface area contributed by atoms with Crippen LogP contribution in [-0.4, -0.2) is 16.3 Å². The third-order valence-electron chi connectivity index (χ3n) is 1.88. The molecule has 4 heteroatoms. The highest BCUT2D eigenvalue weighted by Gasteiger charge is 2.00. The lowest BCUT2D eigenvalue weighted by molar-refractivity contribution is 0.563. The standard InChI is InChI=1S/C9H7N3O/c13-6-10-4-7-2-1-3-8-5-11-12-9(7)8/h1-3,5H,4H2,(H,11,12). The molecule has 0 aliphatic carbocycles. The predicted molar refractivity (Wildman–Crippen MR) is 47.9 cm³/mol. The van der Waals surface area contributed by atoms with Gasteiger partial charge in [-0.05, 0) is 0 Å². The highest BCUT2D eigenvalue weighted by atomic mass is 16.1. The number of para-hydroxylation sites is 1. The van der Waals surface area contributed by atoms with Gasteiger partial charge in [0.05, 0.1) is 18.3 Å². The first-order chi connectivity index (χ1) is 6.42. The van der Waals surface area contributed by atoms with E-state index < -0.39 is 0 Å². The van der Waals surface area contributed by atoms with Gasteiger partial charge in [0.25, 0.3) is 0 Å². The highest BCUT2D eigenvalue weighted by Crippen LogP contribution is 2.15. The molecular weight excluding hydrogens is 166 g/mol. The zero-order valence-corrected chi connectivity index (χ0v) is 6.82. The number of aromatic nitrogens is 2. The predicted octanol–water partition coefficient (Wildman–Crippen LogP) is 1.40. The highest BCUT2D eigenvalue weighted by molar-refractivity contribution is 5.81. The van der Waals surface area contributed by atoms with Crippen LogP contribution in [0.25, 0.3) is 10.9 Å². The van der Waals surface area contributed by atoms with Gasteiger partial charge in [-0.15, -0.1) is 0 Å². The SMILES string of the molecule is O=C=NCc1cccc2cn[nH]c12. The van der Waals surface area contributed by atoms with Gasteiger partial charge in [0.15, 0.2) is 0 Å². The summed E-state index contributed by atoms with van der Waals surface area (Å²) in [5, 5.41) is 7.79. The van der Waals surface area contributed by atoms with Gasteiger partial charge in [0.1, 0.15) is 0 Å². The average molecular weight is 173 g/mol. The molecule has 0 bridgehead atoms. The Morgan fingerprint density at radius 3 is 3.31 bits per heavy atom. The molecule has 0 amide bonds. The van der Waals surface area contributed by atoms with E-state index in [0.717, 1.165) is 16.5 Å². The summed E-state index contributed by atoms with van der Waals surface area (Å²) in [7, 11) is 0. The second-order valence-corrected chi connectivity index (χ2v) is 2.66. The van der Waals surface area contributed by atoms with Crippen LogP contribution in [0.3, 0.4) is 0 Å². The summed E-state index contributed by atoms with van der Waals surface area (Å²) >= 11 is 0. The van der Waals surface area contributed by atoms with Gasteiger partial charge >= 0.3 is 0 Å². The molecule has 2 rings (SSSR count). The number of H-pyrrole nitrogens is 1. The van der Waals surface area contributed by atoms with Crippen LogP contribution in [0.5, 0.6) is 0 Å². The molecule has 0 atom stereocenters. The number of benzene rings is 1. The maximum absolute atomic E-state index is 9.94. The van der Waals surface area contributed by atoms with Gasteiger partial charge in [-0.25, -0.2) is 9.79 Å². The summed E-state index contributed by atoms with van der Waals surface area (Å²) in [6.45, 7) is 0.350. The topological polar surface area (TPSA) is 58.1 Å². The third kappa shape index (κ3) is 1.35. The van der Waals surface area contributed by atoms with E-state index in [0.29, 0.717) is 6.54 Å². The molecule has 0 saturated carbocycles. The zero-order valence-electron chi connectivity index (χ0n) is 6.82. The number of aliphatic imine (C=N–C) groups is 1. The molecule has 4 nitrogen and oxygen atoms in total. The summed E-state index contributed by atoms with van der Waals surface area (Å²) in [6, 6.07) is 5.77. The van der Waals surface area contributed by atoms with Crippen molar-refractivity contribution in [3.8, 4) is 0 Å². The number of carbonyl (C=O) groups excluding carboxylic acids is 1.